The van der Waals surface area contributed by atoms with E-state index >= 15 is 0 Å². The summed E-state index contributed by atoms with van der Waals surface area (Å²) in [5.74, 6) is 0.147. The minimum absolute atomic E-state index is 0.147. The van der Waals surface area contributed by atoms with Crippen LogP contribution in [0.3, 0.4) is 0 Å². The molecule has 0 aromatic rings. The van der Waals surface area contributed by atoms with E-state index in [2.05, 4.69) is 11.8 Å². The molecular formula is C12H22N2O2. The van der Waals surface area contributed by atoms with Crippen LogP contribution in [0.5, 0.6) is 0 Å². The van der Waals surface area contributed by atoms with E-state index in [0.717, 1.165) is 45.4 Å². The van der Waals surface area contributed by atoms with E-state index in [1.54, 1.807) is 0 Å². The van der Waals surface area contributed by atoms with Crippen LogP contribution in [-0.2, 0) is 4.79 Å². The summed E-state index contributed by atoms with van der Waals surface area (Å²) in [7, 11) is 0. The normalized spacial score (nSPS) is 29.8. The van der Waals surface area contributed by atoms with E-state index in [1.807, 2.05) is 4.90 Å². The first-order valence-electron chi connectivity index (χ1n) is 6.40. The largest absolute Gasteiger partial charge is 0.393 e. The third-order valence-electron chi connectivity index (χ3n) is 3.88. The van der Waals surface area contributed by atoms with Crippen LogP contribution in [0, 0.1) is 0 Å². The van der Waals surface area contributed by atoms with Gasteiger partial charge in [0.1, 0.15) is 0 Å². The van der Waals surface area contributed by atoms with E-state index < -0.39 is 6.10 Å². The van der Waals surface area contributed by atoms with Crippen molar-refractivity contribution in [2.75, 3.05) is 26.2 Å². The van der Waals surface area contributed by atoms with Crippen molar-refractivity contribution in [3.8, 4) is 0 Å². The molecule has 2 aliphatic rings. The molecule has 0 saturated carbocycles. The highest BCUT2D eigenvalue weighted by Gasteiger charge is 2.31. The zero-order valence-corrected chi connectivity index (χ0v) is 10.1. The topological polar surface area (TPSA) is 43.8 Å². The molecule has 0 aromatic heterocycles. The molecule has 0 radical (unpaired) electrons. The summed E-state index contributed by atoms with van der Waals surface area (Å²) in [6.45, 7) is 6.25. The number of aliphatic hydroxyl groups excluding tert-OH is 1. The van der Waals surface area contributed by atoms with Gasteiger partial charge >= 0.3 is 0 Å². The number of aliphatic hydroxyl groups is 1. The van der Waals surface area contributed by atoms with Gasteiger partial charge in [-0.3, -0.25) is 4.79 Å². The first-order chi connectivity index (χ1) is 7.70. The molecule has 2 saturated heterocycles. The van der Waals surface area contributed by atoms with Crippen LogP contribution in [-0.4, -0.2) is 59.1 Å². The molecule has 4 nitrogen and oxygen atoms in total. The van der Waals surface area contributed by atoms with E-state index in [4.69, 9.17) is 0 Å². The summed E-state index contributed by atoms with van der Waals surface area (Å²) in [6.07, 6.45) is 2.86. The molecule has 1 atom stereocenters. The SMILES string of the molecule is CCN1CCC(N2CCC(O)CC2=O)CC1. The Morgan fingerprint density at radius 2 is 1.94 bits per heavy atom. The fraction of sp³-hybridized carbons (Fsp3) is 0.917. The lowest BCUT2D eigenvalue weighted by atomic mass is 9.98. The number of hydrogen-bond donors (Lipinski definition) is 1. The van der Waals surface area contributed by atoms with Crippen molar-refractivity contribution in [2.45, 2.75) is 44.8 Å². The summed E-state index contributed by atoms with van der Waals surface area (Å²) >= 11 is 0. The molecule has 16 heavy (non-hydrogen) atoms. The van der Waals surface area contributed by atoms with Crippen LogP contribution in [0.1, 0.15) is 32.6 Å². The highest BCUT2D eigenvalue weighted by molar-refractivity contribution is 5.77. The Bertz CT molecular complexity index is 249. The Kier molecular flexibility index (Phi) is 3.82. The van der Waals surface area contributed by atoms with Crippen LogP contribution in [0.2, 0.25) is 0 Å². The van der Waals surface area contributed by atoms with Gasteiger partial charge in [-0.25, -0.2) is 0 Å². The lowest BCUT2D eigenvalue weighted by Crippen LogP contribution is -2.51. The van der Waals surface area contributed by atoms with Crippen LogP contribution in [0.4, 0.5) is 0 Å². The standard InChI is InChI=1S/C12H22N2O2/c1-2-13-6-3-10(4-7-13)14-8-5-11(15)9-12(14)16/h10-11,15H,2-9H2,1H3. The summed E-state index contributed by atoms with van der Waals surface area (Å²) < 4.78 is 0. The van der Waals surface area contributed by atoms with Gasteiger partial charge in [-0.1, -0.05) is 6.92 Å². The summed E-state index contributed by atoms with van der Waals surface area (Å²) in [5.41, 5.74) is 0. The minimum Gasteiger partial charge on any atom is -0.393 e. The van der Waals surface area contributed by atoms with Gasteiger partial charge in [0.2, 0.25) is 5.91 Å². The maximum atomic E-state index is 11.8. The number of hydrogen-bond acceptors (Lipinski definition) is 3. The van der Waals surface area contributed by atoms with E-state index in [0.29, 0.717) is 12.5 Å². The Balaban J connectivity index is 1.86. The van der Waals surface area contributed by atoms with Gasteiger partial charge in [-0.15, -0.1) is 0 Å². The lowest BCUT2D eigenvalue weighted by molar-refractivity contribution is -0.140. The predicted octanol–water partition coefficient (Wildman–Crippen LogP) is 0.454. The first kappa shape index (κ1) is 11.9. The summed E-state index contributed by atoms with van der Waals surface area (Å²) in [6, 6.07) is 0.419. The molecule has 0 bridgehead atoms. The summed E-state index contributed by atoms with van der Waals surface area (Å²) in [4.78, 5) is 16.2. The molecule has 1 N–H and O–H groups in total. The molecule has 2 fully saturated rings. The van der Waals surface area contributed by atoms with Crippen molar-refractivity contribution < 1.29 is 9.90 Å². The predicted molar refractivity (Wildman–Crippen MR) is 62.1 cm³/mol. The average Bonchev–Trinajstić information content (AvgIpc) is 2.29. The highest BCUT2D eigenvalue weighted by atomic mass is 16.3. The summed E-state index contributed by atoms with van der Waals surface area (Å²) in [5, 5.41) is 9.42. The maximum absolute atomic E-state index is 11.8. The van der Waals surface area contributed by atoms with Crippen molar-refractivity contribution in [1.82, 2.24) is 9.80 Å². The van der Waals surface area contributed by atoms with Crippen LogP contribution in [0.25, 0.3) is 0 Å². The Hall–Kier alpha value is -0.610. The zero-order valence-electron chi connectivity index (χ0n) is 10.1. The van der Waals surface area contributed by atoms with Gasteiger partial charge in [0, 0.05) is 25.7 Å². The van der Waals surface area contributed by atoms with Crippen LogP contribution >= 0.6 is 0 Å². The molecule has 2 rings (SSSR count). The van der Waals surface area contributed by atoms with E-state index in [-0.39, 0.29) is 5.91 Å². The molecule has 0 aromatic carbocycles. The van der Waals surface area contributed by atoms with Gasteiger partial charge in [-0.05, 0) is 25.8 Å². The van der Waals surface area contributed by atoms with E-state index in [9.17, 15) is 9.90 Å². The molecule has 2 heterocycles. The highest BCUT2D eigenvalue weighted by Crippen LogP contribution is 2.21. The maximum Gasteiger partial charge on any atom is 0.225 e. The van der Waals surface area contributed by atoms with Crippen molar-refractivity contribution in [3.63, 3.8) is 0 Å². The number of piperidine rings is 2. The van der Waals surface area contributed by atoms with Gasteiger partial charge in [0.25, 0.3) is 0 Å². The lowest BCUT2D eigenvalue weighted by Gasteiger charge is -2.40. The second-order valence-electron chi connectivity index (χ2n) is 4.90. The van der Waals surface area contributed by atoms with Crippen LogP contribution in [0.15, 0.2) is 0 Å². The fourth-order valence-corrected chi connectivity index (χ4v) is 2.77. The quantitative estimate of drug-likeness (QED) is 0.743. The molecule has 2 aliphatic heterocycles. The van der Waals surface area contributed by atoms with Gasteiger partial charge in [0.05, 0.1) is 12.5 Å². The Morgan fingerprint density at radius 3 is 2.50 bits per heavy atom. The third kappa shape index (κ3) is 2.55. The molecule has 92 valence electrons. The van der Waals surface area contributed by atoms with Crippen molar-refractivity contribution in [3.05, 3.63) is 0 Å². The molecule has 0 spiro atoms. The van der Waals surface area contributed by atoms with Crippen LogP contribution < -0.4 is 0 Å². The Morgan fingerprint density at radius 1 is 1.25 bits per heavy atom. The van der Waals surface area contributed by atoms with Crippen molar-refractivity contribution >= 4 is 5.91 Å². The second kappa shape index (κ2) is 5.15. The molecular weight excluding hydrogens is 204 g/mol. The monoisotopic (exact) mass is 226 g/mol. The van der Waals surface area contributed by atoms with Crippen molar-refractivity contribution in [2.24, 2.45) is 0 Å². The number of carbonyl (C=O) groups excluding carboxylic acids is 1. The number of rotatable bonds is 2. The molecule has 0 aliphatic carbocycles. The van der Waals surface area contributed by atoms with E-state index in [1.165, 1.54) is 0 Å². The fourth-order valence-electron chi connectivity index (χ4n) is 2.77. The van der Waals surface area contributed by atoms with Gasteiger partial charge in [0.15, 0.2) is 0 Å². The van der Waals surface area contributed by atoms with Crippen molar-refractivity contribution in [1.29, 1.82) is 0 Å². The smallest absolute Gasteiger partial charge is 0.225 e. The average molecular weight is 226 g/mol. The second-order valence-corrected chi connectivity index (χ2v) is 4.90. The number of likely N-dealkylation sites (tertiary alicyclic amines) is 2. The Labute approximate surface area is 97.2 Å². The van der Waals surface area contributed by atoms with Gasteiger partial charge in [-0.2, -0.15) is 0 Å². The van der Waals surface area contributed by atoms with Gasteiger partial charge < -0.3 is 14.9 Å². The number of carbonyl (C=O) groups is 1. The molecule has 4 heteroatoms. The minimum atomic E-state index is -0.403. The molecule has 1 amide bonds. The zero-order chi connectivity index (χ0) is 11.5. The number of amides is 1. The number of nitrogens with zero attached hydrogens (tertiary/aromatic N) is 2. The first-order valence-corrected chi connectivity index (χ1v) is 6.40. The third-order valence-corrected chi connectivity index (χ3v) is 3.88. The molecule has 1 unspecified atom stereocenters.